The lowest BCUT2D eigenvalue weighted by atomic mass is 10.0. The summed E-state index contributed by atoms with van der Waals surface area (Å²) in [5.41, 5.74) is 1.30. The van der Waals surface area contributed by atoms with Crippen LogP contribution in [0.1, 0.15) is 68.2 Å². The standard InChI is InChI=1S/C23H27FN8O/c1-3-18-21-30-27-13-31(21)19-12-26-23(29-20(19)32(18)15-7-5-6-8-15)28-17-10-9-14(11-16(17)24)22(33)25-4-2/h9-13,15,18H,3-8H2,1-2H3,(H,25,33)(H,26,28,29). The molecule has 10 heteroatoms. The third kappa shape index (κ3) is 3.79. The topological polar surface area (TPSA) is 101 Å². The first kappa shape index (κ1) is 21.3. The first-order valence-electron chi connectivity index (χ1n) is 11.5. The number of rotatable bonds is 6. The lowest BCUT2D eigenvalue weighted by Crippen LogP contribution is -2.42. The summed E-state index contributed by atoms with van der Waals surface area (Å²) < 4.78 is 16.7. The van der Waals surface area contributed by atoms with Gasteiger partial charge in [0.25, 0.3) is 5.91 Å². The summed E-state index contributed by atoms with van der Waals surface area (Å²) in [4.78, 5) is 23.6. The fourth-order valence-corrected chi connectivity index (χ4v) is 4.85. The molecule has 3 aromatic rings. The number of benzene rings is 1. The van der Waals surface area contributed by atoms with E-state index in [4.69, 9.17) is 4.98 Å². The number of carbonyl (C=O) groups excluding carboxylic acids is 1. The molecule has 1 unspecified atom stereocenters. The Kier molecular flexibility index (Phi) is 5.65. The smallest absolute Gasteiger partial charge is 0.251 e. The van der Waals surface area contributed by atoms with Gasteiger partial charge >= 0.3 is 0 Å². The molecule has 2 aromatic heterocycles. The molecule has 2 aliphatic rings. The number of nitrogens with one attached hydrogen (secondary N) is 2. The van der Waals surface area contributed by atoms with Crippen molar-refractivity contribution < 1.29 is 9.18 Å². The maximum Gasteiger partial charge on any atom is 0.251 e. The van der Waals surface area contributed by atoms with E-state index < -0.39 is 5.82 Å². The van der Waals surface area contributed by atoms with Crippen LogP contribution in [0.5, 0.6) is 0 Å². The number of aromatic nitrogens is 5. The van der Waals surface area contributed by atoms with Gasteiger partial charge in [-0.2, -0.15) is 4.98 Å². The predicted molar refractivity (Wildman–Crippen MR) is 122 cm³/mol. The highest BCUT2D eigenvalue weighted by atomic mass is 19.1. The Bertz CT molecular complexity index is 1170. The van der Waals surface area contributed by atoms with E-state index in [0.717, 1.165) is 36.6 Å². The highest BCUT2D eigenvalue weighted by molar-refractivity contribution is 5.94. The van der Waals surface area contributed by atoms with Crippen LogP contribution in [0.25, 0.3) is 5.69 Å². The zero-order valence-electron chi connectivity index (χ0n) is 18.8. The fraction of sp³-hybridized carbons (Fsp3) is 0.435. The highest BCUT2D eigenvalue weighted by Gasteiger charge is 2.38. The van der Waals surface area contributed by atoms with Gasteiger partial charge in [-0.3, -0.25) is 9.36 Å². The molecular weight excluding hydrogens is 423 g/mol. The van der Waals surface area contributed by atoms with Crippen molar-refractivity contribution in [3.63, 3.8) is 0 Å². The fourth-order valence-electron chi connectivity index (χ4n) is 4.85. The molecule has 1 aliphatic heterocycles. The molecule has 0 saturated heterocycles. The lowest BCUT2D eigenvalue weighted by Gasteiger charge is -2.40. The first-order chi connectivity index (χ1) is 16.1. The van der Waals surface area contributed by atoms with Gasteiger partial charge in [-0.15, -0.1) is 10.2 Å². The van der Waals surface area contributed by atoms with Crippen LogP contribution >= 0.6 is 0 Å². The van der Waals surface area contributed by atoms with Gasteiger partial charge in [0.05, 0.1) is 17.9 Å². The van der Waals surface area contributed by atoms with Crippen molar-refractivity contribution in [3.8, 4) is 5.69 Å². The minimum atomic E-state index is -0.541. The van der Waals surface area contributed by atoms with Crippen molar-refractivity contribution >= 4 is 23.4 Å². The molecule has 3 heterocycles. The van der Waals surface area contributed by atoms with E-state index in [2.05, 4.69) is 37.6 Å². The van der Waals surface area contributed by atoms with E-state index in [0.29, 0.717) is 18.5 Å². The van der Waals surface area contributed by atoms with Gasteiger partial charge in [0, 0.05) is 18.2 Å². The summed E-state index contributed by atoms with van der Waals surface area (Å²) in [6, 6.07) is 4.77. The summed E-state index contributed by atoms with van der Waals surface area (Å²) in [5.74, 6) is 1.15. The van der Waals surface area contributed by atoms with Gasteiger partial charge < -0.3 is 15.5 Å². The molecule has 2 N–H and O–H groups in total. The van der Waals surface area contributed by atoms with E-state index >= 15 is 0 Å². The van der Waals surface area contributed by atoms with E-state index in [1.54, 1.807) is 18.6 Å². The van der Waals surface area contributed by atoms with E-state index in [1.165, 1.54) is 25.0 Å². The molecule has 5 rings (SSSR count). The van der Waals surface area contributed by atoms with Gasteiger partial charge in [-0.1, -0.05) is 19.8 Å². The molecule has 9 nitrogen and oxygen atoms in total. The molecule has 1 aliphatic carbocycles. The number of hydrogen-bond acceptors (Lipinski definition) is 7. The molecule has 172 valence electrons. The van der Waals surface area contributed by atoms with Gasteiger partial charge in [0.1, 0.15) is 17.8 Å². The Hall–Kier alpha value is -3.56. The van der Waals surface area contributed by atoms with Crippen molar-refractivity contribution in [2.24, 2.45) is 0 Å². The molecule has 1 saturated carbocycles. The quantitative estimate of drug-likeness (QED) is 0.587. The van der Waals surface area contributed by atoms with E-state index in [-0.39, 0.29) is 23.2 Å². The Morgan fingerprint density at radius 1 is 1.24 bits per heavy atom. The van der Waals surface area contributed by atoms with Crippen LogP contribution in [0.2, 0.25) is 0 Å². The summed E-state index contributed by atoms with van der Waals surface area (Å²) in [7, 11) is 0. The number of halogens is 1. The zero-order chi connectivity index (χ0) is 22.9. The van der Waals surface area contributed by atoms with Crippen molar-refractivity contribution in [1.29, 1.82) is 0 Å². The van der Waals surface area contributed by atoms with Crippen molar-refractivity contribution in [2.75, 3.05) is 16.8 Å². The van der Waals surface area contributed by atoms with Gasteiger partial charge in [-0.25, -0.2) is 9.37 Å². The Balaban J connectivity index is 1.50. The van der Waals surface area contributed by atoms with Crippen LogP contribution in [-0.2, 0) is 0 Å². The Labute approximate surface area is 191 Å². The largest absolute Gasteiger partial charge is 0.352 e. The predicted octanol–water partition coefficient (Wildman–Crippen LogP) is 3.90. The molecule has 33 heavy (non-hydrogen) atoms. The van der Waals surface area contributed by atoms with Crippen LogP contribution in [-0.4, -0.2) is 43.2 Å². The van der Waals surface area contributed by atoms with Crippen LogP contribution < -0.4 is 15.5 Å². The first-order valence-corrected chi connectivity index (χ1v) is 11.5. The number of anilines is 3. The van der Waals surface area contributed by atoms with E-state index in [9.17, 15) is 9.18 Å². The molecule has 1 aromatic carbocycles. The molecule has 1 atom stereocenters. The summed E-state index contributed by atoms with van der Waals surface area (Å²) in [5, 5.41) is 14.2. The molecule has 0 bridgehead atoms. The summed E-state index contributed by atoms with van der Waals surface area (Å²) in [6.07, 6.45) is 8.89. The number of carbonyl (C=O) groups is 1. The van der Waals surface area contributed by atoms with Crippen LogP contribution in [0.15, 0.2) is 30.7 Å². The molecule has 1 amide bonds. The molecule has 0 radical (unpaired) electrons. The SMILES string of the molecule is CCNC(=O)c1ccc(Nc2ncc3c(n2)N(C2CCCC2)C(CC)c2nncn2-3)c(F)c1. The minimum Gasteiger partial charge on any atom is -0.352 e. The number of hydrogen-bond donors (Lipinski definition) is 2. The van der Waals surface area contributed by atoms with Crippen LogP contribution in [0.3, 0.4) is 0 Å². The van der Waals surface area contributed by atoms with Crippen LogP contribution in [0, 0.1) is 5.82 Å². The zero-order valence-corrected chi connectivity index (χ0v) is 18.8. The average molecular weight is 451 g/mol. The second kappa shape index (κ2) is 8.76. The normalized spacial score (nSPS) is 17.5. The number of nitrogens with zero attached hydrogens (tertiary/aromatic N) is 6. The third-order valence-electron chi connectivity index (χ3n) is 6.38. The van der Waals surface area contributed by atoms with Gasteiger partial charge in [0.2, 0.25) is 5.95 Å². The Morgan fingerprint density at radius 2 is 2.06 bits per heavy atom. The second-order valence-electron chi connectivity index (χ2n) is 8.41. The van der Waals surface area contributed by atoms with Crippen molar-refractivity contribution in [1.82, 2.24) is 30.0 Å². The maximum atomic E-state index is 14.7. The monoisotopic (exact) mass is 450 g/mol. The van der Waals surface area contributed by atoms with E-state index in [1.807, 2.05) is 11.5 Å². The molecule has 0 spiro atoms. The average Bonchev–Trinajstić information content (AvgIpc) is 3.52. The summed E-state index contributed by atoms with van der Waals surface area (Å²) in [6.45, 7) is 4.44. The third-order valence-corrected chi connectivity index (χ3v) is 6.38. The lowest BCUT2D eigenvalue weighted by molar-refractivity contribution is 0.0955. The minimum absolute atomic E-state index is 0.0685. The second-order valence-corrected chi connectivity index (χ2v) is 8.41. The maximum absolute atomic E-state index is 14.7. The van der Waals surface area contributed by atoms with Gasteiger partial charge in [0.15, 0.2) is 11.6 Å². The Morgan fingerprint density at radius 3 is 2.79 bits per heavy atom. The molecule has 1 fully saturated rings. The van der Waals surface area contributed by atoms with Crippen molar-refractivity contribution in [3.05, 3.63) is 47.9 Å². The summed E-state index contributed by atoms with van der Waals surface area (Å²) >= 11 is 0. The van der Waals surface area contributed by atoms with Crippen molar-refractivity contribution in [2.45, 2.75) is 58.0 Å². The number of fused-ring (bicyclic) bond motifs is 3. The van der Waals surface area contributed by atoms with Gasteiger partial charge in [-0.05, 0) is 44.4 Å². The highest BCUT2D eigenvalue weighted by Crippen LogP contribution is 2.42. The molecular formula is C23H27FN8O. The number of amides is 1. The van der Waals surface area contributed by atoms with Crippen LogP contribution in [0.4, 0.5) is 21.8 Å².